The van der Waals surface area contributed by atoms with Gasteiger partial charge in [0, 0.05) is 5.69 Å². The summed E-state index contributed by atoms with van der Waals surface area (Å²) in [6.45, 7) is 2.44. The zero-order valence-electron chi connectivity index (χ0n) is 12.2. The van der Waals surface area contributed by atoms with Crippen LogP contribution in [-0.4, -0.2) is 35.2 Å². The number of nitrogens with zero attached hydrogens (tertiary/aromatic N) is 1. The number of anilines is 1. The van der Waals surface area contributed by atoms with E-state index in [1.807, 2.05) is 37.3 Å². The van der Waals surface area contributed by atoms with Gasteiger partial charge in [-0.3, -0.25) is 9.59 Å². The zero-order valence-corrected chi connectivity index (χ0v) is 12.2. The van der Waals surface area contributed by atoms with Crippen LogP contribution >= 0.6 is 0 Å². The lowest BCUT2D eigenvalue weighted by Gasteiger charge is -2.23. The number of benzene rings is 1. The molecule has 0 unspecified atom stereocenters. The van der Waals surface area contributed by atoms with Gasteiger partial charge in [-0.25, -0.2) is 0 Å². The van der Waals surface area contributed by atoms with E-state index in [0.717, 1.165) is 17.7 Å². The van der Waals surface area contributed by atoms with Crippen molar-refractivity contribution in [3.05, 3.63) is 42.0 Å². The second-order valence-electron chi connectivity index (χ2n) is 6.14. The minimum atomic E-state index is -0.958. The summed E-state index contributed by atoms with van der Waals surface area (Å²) in [6.07, 6.45) is 4.01. The number of carbonyl (C=O) groups is 2. The van der Waals surface area contributed by atoms with Gasteiger partial charge in [0.1, 0.15) is 11.5 Å². The number of para-hydroxylation sites is 1. The first-order valence-corrected chi connectivity index (χ1v) is 7.56. The molecule has 0 aliphatic carbocycles. The third-order valence-electron chi connectivity index (χ3n) is 5.05. The maximum absolute atomic E-state index is 12.9. The van der Waals surface area contributed by atoms with Crippen LogP contribution in [0.4, 0.5) is 5.69 Å². The fourth-order valence-corrected chi connectivity index (χ4v) is 4.06. The SMILES string of the molecule is CCc1ccccc1N1C[C@]23C=C[C@@H](O2)[C@H](C(=O)O)[C@@H]3C1=O. The minimum Gasteiger partial charge on any atom is -0.481 e. The van der Waals surface area contributed by atoms with Crippen LogP contribution in [0.15, 0.2) is 36.4 Å². The third-order valence-corrected chi connectivity index (χ3v) is 5.05. The van der Waals surface area contributed by atoms with Gasteiger partial charge in [-0.15, -0.1) is 0 Å². The minimum absolute atomic E-state index is 0.139. The van der Waals surface area contributed by atoms with Crippen LogP contribution in [0.5, 0.6) is 0 Å². The van der Waals surface area contributed by atoms with Gasteiger partial charge in [-0.2, -0.15) is 0 Å². The van der Waals surface area contributed by atoms with Crippen molar-refractivity contribution in [2.45, 2.75) is 25.0 Å². The summed E-state index contributed by atoms with van der Waals surface area (Å²) in [7, 11) is 0. The van der Waals surface area contributed by atoms with E-state index in [9.17, 15) is 14.7 Å². The van der Waals surface area contributed by atoms with E-state index in [-0.39, 0.29) is 5.91 Å². The number of aryl methyl sites for hydroxylation is 1. The van der Waals surface area contributed by atoms with E-state index in [0.29, 0.717) is 6.54 Å². The molecule has 22 heavy (non-hydrogen) atoms. The predicted octanol–water partition coefficient (Wildman–Crippen LogP) is 1.62. The molecule has 2 bridgehead atoms. The number of rotatable bonds is 3. The van der Waals surface area contributed by atoms with E-state index in [1.165, 1.54) is 0 Å². The first-order valence-electron chi connectivity index (χ1n) is 7.56. The van der Waals surface area contributed by atoms with E-state index in [4.69, 9.17) is 4.74 Å². The van der Waals surface area contributed by atoms with Crippen LogP contribution in [0.1, 0.15) is 12.5 Å². The largest absolute Gasteiger partial charge is 0.481 e. The maximum atomic E-state index is 12.9. The number of carbonyl (C=O) groups excluding carboxylic acids is 1. The molecule has 2 fully saturated rings. The summed E-state index contributed by atoms with van der Waals surface area (Å²) in [4.78, 5) is 26.2. The number of aliphatic carboxylic acids is 1. The monoisotopic (exact) mass is 299 g/mol. The number of fused-ring (bicyclic) bond motifs is 1. The molecule has 4 rings (SSSR count). The Kier molecular flexibility index (Phi) is 2.72. The molecule has 3 aliphatic heterocycles. The fourth-order valence-electron chi connectivity index (χ4n) is 4.06. The quantitative estimate of drug-likeness (QED) is 0.861. The molecule has 5 nitrogen and oxygen atoms in total. The normalized spacial score (nSPS) is 35.2. The molecule has 1 aromatic rings. The Hall–Kier alpha value is -2.14. The lowest BCUT2D eigenvalue weighted by molar-refractivity contribution is -0.146. The molecular formula is C17H17NO4. The highest BCUT2D eigenvalue weighted by Gasteiger charge is 2.67. The van der Waals surface area contributed by atoms with E-state index >= 15 is 0 Å². The summed E-state index contributed by atoms with van der Waals surface area (Å²) in [5, 5.41) is 9.47. The molecule has 1 spiro atoms. The number of hydrogen-bond donors (Lipinski definition) is 1. The topological polar surface area (TPSA) is 66.8 Å². The predicted molar refractivity (Wildman–Crippen MR) is 79.5 cm³/mol. The van der Waals surface area contributed by atoms with Gasteiger partial charge in [0.2, 0.25) is 5.91 Å². The van der Waals surface area contributed by atoms with Crippen molar-refractivity contribution < 1.29 is 19.4 Å². The molecule has 1 aromatic carbocycles. The van der Waals surface area contributed by atoms with Crippen molar-refractivity contribution in [1.29, 1.82) is 0 Å². The molecule has 0 saturated carbocycles. The van der Waals surface area contributed by atoms with Crippen LogP contribution in [0.25, 0.3) is 0 Å². The Bertz CT molecular complexity index is 698. The fraction of sp³-hybridized carbons (Fsp3) is 0.412. The molecular weight excluding hydrogens is 282 g/mol. The van der Waals surface area contributed by atoms with E-state index in [2.05, 4.69) is 0 Å². The van der Waals surface area contributed by atoms with Gasteiger partial charge < -0.3 is 14.7 Å². The van der Waals surface area contributed by atoms with Gasteiger partial charge >= 0.3 is 5.97 Å². The second-order valence-corrected chi connectivity index (χ2v) is 6.14. The Morgan fingerprint density at radius 3 is 2.95 bits per heavy atom. The molecule has 1 N–H and O–H groups in total. The maximum Gasteiger partial charge on any atom is 0.310 e. The highest BCUT2D eigenvalue weighted by atomic mass is 16.5. The van der Waals surface area contributed by atoms with Crippen molar-refractivity contribution in [3.63, 3.8) is 0 Å². The number of hydrogen-bond acceptors (Lipinski definition) is 3. The molecule has 4 atom stereocenters. The molecule has 114 valence electrons. The van der Waals surface area contributed by atoms with Crippen LogP contribution in [0.2, 0.25) is 0 Å². The number of carboxylic acids is 1. The lowest BCUT2D eigenvalue weighted by Crippen LogP contribution is -2.39. The average molecular weight is 299 g/mol. The smallest absolute Gasteiger partial charge is 0.310 e. The van der Waals surface area contributed by atoms with Crippen LogP contribution in [0, 0.1) is 11.8 Å². The van der Waals surface area contributed by atoms with Crippen LogP contribution < -0.4 is 4.90 Å². The summed E-state index contributed by atoms with van der Waals surface area (Å²) < 4.78 is 5.90. The molecule has 3 heterocycles. The highest BCUT2D eigenvalue weighted by Crippen LogP contribution is 2.52. The Labute approximate surface area is 128 Å². The number of carboxylic acid groups (broad SMARTS) is 1. The molecule has 0 radical (unpaired) electrons. The Balaban J connectivity index is 1.77. The zero-order chi connectivity index (χ0) is 15.5. The molecule has 2 saturated heterocycles. The highest BCUT2D eigenvalue weighted by molar-refractivity contribution is 6.03. The van der Waals surface area contributed by atoms with Crippen molar-refractivity contribution in [3.8, 4) is 0 Å². The summed E-state index contributed by atoms with van der Waals surface area (Å²) in [6, 6.07) is 7.76. The molecule has 1 amide bonds. The lowest BCUT2D eigenvalue weighted by atomic mass is 9.77. The van der Waals surface area contributed by atoms with Gasteiger partial charge in [-0.05, 0) is 18.1 Å². The molecule has 3 aliphatic rings. The molecule has 0 aromatic heterocycles. The van der Waals surface area contributed by atoms with E-state index < -0.39 is 29.5 Å². The summed E-state index contributed by atoms with van der Waals surface area (Å²) in [5.74, 6) is -2.50. The summed E-state index contributed by atoms with van der Waals surface area (Å²) >= 11 is 0. The van der Waals surface area contributed by atoms with E-state index in [1.54, 1.807) is 11.0 Å². The Morgan fingerprint density at radius 2 is 2.23 bits per heavy atom. The number of amides is 1. The average Bonchev–Trinajstić information content (AvgIpc) is 3.15. The third kappa shape index (κ3) is 1.57. The standard InChI is InChI=1S/C17H17NO4/c1-2-10-5-3-4-6-11(10)18-9-17-8-7-12(22-17)13(16(20)21)14(17)15(18)19/h3-8,12-14H,2,9H2,1H3,(H,20,21)/t12-,13+,14-,17+/m1/s1. The van der Waals surface area contributed by atoms with Gasteiger partial charge in [0.15, 0.2) is 0 Å². The van der Waals surface area contributed by atoms with Gasteiger partial charge in [0.05, 0.1) is 18.6 Å². The van der Waals surface area contributed by atoms with Crippen molar-refractivity contribution in [1.82, 2.24) is 0 Å². The van der Waals surface area contributed by atoms with Crippen molar-refractivity contribution in [2.75, 3.05) is 11.4 Å². The summed E-state index contributed by atoms with van der Waals surface area (Å²) in [5.41, 5.74) is 1.17. The number of ether oxygens (including phenoxy) is 1. The van der Waals surface area contributed by atoms with Crippen molar-refractivity contribution >= 4 is 17.6 Å². The molecule has 5 heteroatoms. The first kappa shape index (κ1) is 13.5. The second kappa shape index (κ2) is 4.43. The van der Waals surface area contributed by atoms with Crippen molar-refractivity contribution in [2.24, 2.45) is 11.8 Å². The van der Waals surface area contributed by atoms with Crippen LogP contribution in [-0.2, 0) is 20.7 Å². The Morgan fingerprint density at radius 1 is 1.45 bits per heavy atom. The first-order chi connectivity index (χ1) is 10.6. The van der Waals surface area contributed by atoms with Crippen LogP contribution in [0.3, 0.4) is 0 Å². The van der Waals surface area contributed by atoms with Gasteiger partial charge in [0.25, 0.3) is 0 Å². The van der Waals surface area contributed by atoms with Gasteiger partial charge in [-0.1, -0.05) is 37.3 Å².